The highest BCUT2D eigenvalue weighted by Gasteiger charge is 2.24. The van der Waals surface area contributed by atoms with Crippen LogP contribution in [0.5, 0.6) is 0 Å². The van der Waals surface area contributed by atoms with Crippen LogP contribution in [-0.4, -0.2) is 54.4 Å². The zero-order valence-electron chi connectivity index (χ0n) is 16.8. The molecular formula is C19H36N6. The molecule has 0 aliphatic heterocycles. The fourth-order valence-electron chi connectivity index (χ4n) is 3.72. The first-order chi connectivity index (χ1) is 11.9. The summed E-state index contributed by atoms with van der Waals surface area (Å²) in [7, 11) is 8.01. The number of nitrogens with one attached hydrogen (secondary N) is 2. The van der Waals surface area contributed by atoms with Crippen LogP contribution in [0.25, 0.3) is 0 Å². The molecule has 142 valence electrons. The highest BCUT2D eigenvalue weighted by molar-refractivity contribution is 5.80. The van der Waals surface area contributed by atoms with Crippen LogP contribution in [-0.2, 0) is 7.05 Å². The lowest BCUT2D eigenvalue weighted by molar-refractivity contribution is 0.249. The van der Waals surface area contributed by atoms with Crippen molar-refractivity contribution in [1.82, 2.24) is 25.3 Å². The molecule has 0 saturated heterocycles. The Kier molecular flexibility index (Phi) is 7.29. The molecule has 1 aliphatic carbocycles. The zero-order chi connectivity index (χ0) is 18.4. The maximum atomic E-state index is 4.42. The van der Waals surface area contributed by atoms with E-state index in [4.69, 9.17) is 0 Å². The predicted octanol–water partition coefficient (Wildman–Crippen LogP) is 2.40. The average molecular weight is 349 g/mol. The van der Waals surface area contributed by atoms with Gasteiger partial charge in [-0.25, -0.2) is 0 Å². The molecule has 2 rings (SSSR count). The predicted molar refractivity (Wildman–Crippen MR) is 105 cm³/mol. The van der Waals surface area contributed by atoms with E-state index in [1.54, 1.807) is 0 Å². The van der Waals surface area contributed by atoms with Crippen LogP contribution >= 0.6 is 0 Å². The van der Waals surface area contributed by atoms with Crippen molar-refractivity contribution < 1.29 is 0 Å². The molecule has 1 aliphatic rings. The summed E-state index contributed by atoms with van der Waals surface area (Å²) in [6.07, 6.45) is 9.14. The van der Waals surface area contributed by atoms with Crippen LogP contribution in [0, 0.1) is 11.8 Å². The Hall–Kier alpha value is -1.56. The second kappa shape index (κ2) is 9.22. The van der Waals surface area contributed by atoms with Gasteiger partial charge in [-0.15, -0.1) is 0 Å². The standard InChI is InChI=1S/C19H36N6/c1-14(2)15-7-9-17(10-8-15)23-19(20-3)21-12-18(24(4)5)16-11-22-25(6)13-16/h11,13-15,17-18H,7-10,12H2,1-6H3,(H2,20,21,23). The largest absolute Gasteiger partial charge is 0.354 e. The van der Waals surface area contributed by atoms with Crippen molar-refractivity contribution in [3.05, 3.63) is 18.0 Å². The van der Waals surface area contributed by atoms with Gasteiger partial charge < -0.3 is 15.5 Å². The molecule has 1 fully saturated rings. The van der Waals surface area contributed by atoms with Crippen LogP contribution in [0.1, 0.15) is 51.1 Å². The summed E-state index contributed by atoms with van der Waals surface area (Å²) in [5.74, 6) is 2.60. The van der Waals surface area contributed by atoms with Crippen LogP contribution in [0.3, 0.4) is 0 Å². The minimum absolute atomic E-state index is 0.268. The maximum absolute atomic E-state index is 4.42. The van der Waals surface area contributed by atoms with Crippen molar-refractivity contribution in [2.24, 2.45) is 23.9 Å². The van der Waals surface area contributed by atoms with Gasteiger partial charge in [0.25, 0.3) is 0 Å². The molecule has 0 spiro atoms. The Bertz CT molecular complexity index is 540. The van der Waals surface area contributed by atoms with Gasteiger partial charge in [-0.3, -0.25) is 9.67 Å². The van der Waals surface area contributed by atoms with Gasteiger partial charge in [-0.1, -0.05) is 13.8 Å². The summed E-state index contributed by atoms with van der Waals surface area (Å²) in [6, 6.07) is 0.807. The topological polar surface area (TPSA) is 57.5 Å². The van der Waals surface area contributed by atoms with Crippen LogP contribution in [0.2, 0.25) is 0 Å². The second-order valence-electron chi connectivity index (χ2n) is 7.88. The molecule has 1 aromatic rings. The van der Waals surface area contributed by atoms with Gasteiger partial charge in [-0.05, 0) is 51.6 Å². The number of rotatable bonds is 6. The molecule has 1 saturated carbocycles. The summed E-state index contributed by atoms with van der Waals surface area (Å²) >= 11 is 0. The summed E-state index contributed by atoms with van der Waals surface area (Å²) in [6.45, 7) is 5.50. The van der Waals surface area contributed by atoms with E-state index in [0.717, 1.165) is 24.3 Å². The third-order valence-electron chi connectivity index (χ3n) is 5.47. The Labute approximate surface area is 153 Å². The lowest BCUT2D eigenvalue weighted by atomic mass is 9.80. The lowest BCUT2D eigenvalue weighted by Crippen LogP contribution is -2.47. The quantitative estimate of drug-likeness (QED) is 0.612. The number of aromatic nitrogens is 2. The molecule has 1 aromatic heterocycles. The highest BCUT2D eigenvalue weighted by Crippen LogP contribution is 2.29. The fourth-order valence-corrected chi connectivity index (χ4v) is 3.72. The van der Waals surface area contributed by atoms with Crippen LogP contribution < -0.4 is 10.6 Å². The molecule has 6 nitrogen and oxygen atoms in total. The molecular weight excluding hydrogens is 312 g/mol. The first-order valence-electron chi connectivity index (χ1n) is 9.52. The third-order valence-corrected chi connectivity index (χ3v) is 5.47. The average Bonchev–Trinajstić information content (AvgIpc) is 3.00. The number of hydrogen-bond acceptors (Lipinski definition) is 3. The number of guanidine groups is 1. The van der Waals surface area contributed by atoms with Crippen molar-refractivity contribution in [3.63, 3.8) is 0 Å². The van der Waals surface area contributed by atoms with Gasteiger partial charge in [0.15, 0.2) is 5.96 Å². The van der Waals surface area contributed by atoms with Crippen molar-refractivity contribution >= 4 is 5.96 Å². The van der Waals surface area contributed by atoms with E-state index < -0.39 is 0 Å². The van der Waals surface area contributed by atoms with Crippen molar-refractivity contribution in [2.45, 2.75) is 51.6 Å². The minimum atomic E-state index is 0.268. The first-order valence-corrected chi connectivity index (χ1v) is 9.52. The lowest BCUT2D eigenvalue weighted by Gasteiger charge is -2.32. The molecule has 0 aromatic carbocycles. The van der Waals surface area contributed by atoms with E-state index in [9.17, 15) is 0 Å². The summed E-state index contributed by atoms with van der Waals surface area (Å²) < 4.78 is 1.85. The Morgan fingerprint density at radius 3 is 2.48 bits per heavy atom. The molecule has 0 radical (unpaired) electrons. The van der Waals surface area contributed by atoms with Gasteiger partial charge in [0, 0.05) is 38.4 Å². The summed E-state index contributed by atoms with van der Waals surface area (Å²) in [5.41, 5.74) is 1.22. The normalized spacial score (nSPS) is 23.1. The van der Waals surface area contributed by atoms with Crippen LogP contribution in [0.4, 0.5) is 0 Å². The number of aliphatic imine (C=N–C) groups is 1. The Morgan fingerprint density at radius 1 is 1.32 bits per heavy atom. The molecule has 2 N–H and O–H groups in total. The first kappa shape index (κ1) is 19.8. The minimum Gasteiger partial charge on any atom is -0.354 e. The number of likely N-dealkylation sites (N-methyl/N-ethyl adjacent to an activating group) is 1. The van der Waals surface area contributed by atoms with E-state index in [1.165, 1.54) is 31.2 Å². The van der Waals surface area contributed by atoms with E-state index in [2.05, 4.69) is 59.8 Å². The van der Waals surface area contributed by atoms with Gasteiger partial charge >= 0.3 is 0 Å². The molecule has 25 heavy (non-hydrogen) atoms. The monoisotopic (exact) mass is 348 g/mol. The summed E-state index contributed by atoms with van der Waals surface area (Å²) in [4.78, 5) is 6.63. The van der Waals surface area contributed by atoms with Gasteiger partial charge in [0.05, 0.1) is 12.2 Å². The van der Waals surface area contributed by atoms with E-state index in [-0.39, 0.29) is 6.04 Å². The third kappa shape index (κ3) is 5.73. The fraction of sp³-hybridized carbons (Fsp3) is 0.789. The zero-order valence-corrected chi connectivity index (χ0v) is 16.8. The molecule has 0 bridgehead atoms. The maximum Gasteiger partial charge on any atom is 0.191 e. The molecule has 6 heteroatoms. The Morgan fingerprint density at radius 2 is 2.00 bits per heavy atom. The highest BCUT2D eigenvalue weighted by atomic mass is 15.3. The second-order valence-corrected chi connectivity index (χ2v) is 7.88. The smallest absolute Gasteiger partial charge is 0.191 e. The Balaban J connectivity index is 1.85. The van der Waals surface area contributed by atoms with E-state index in [0.29, 0.717) is 6.04 Å². The van der Waals surface area contributed by atoms with E-state index >= 15 is 0 Å². The van der Waals surface area contributed by atoms with E-state index in [1.807, 2.05) is 25.0 Å². The number of nitrogens with zero attached hydrogens (tertiary/aromatic N) is 4. The SMILES string of the molecule is CN=C(NCC(c1cnn(C)c1)N(C)C)NC1CCC(C(C)C)CC1. The number of hydrogen-bond donors (Lipinski definition) is 2. The summed E-state index contributed by atoms with van der Waals surface area (Å²) in [5, 5.41) is 11.4. The molecule has 1 atom stereocenters. The molecule has 0 amide bonds. The molecule has 1 unspecified atom stereocenters. The van der Waals surface area contributed by atoms with Gasteiger partial charge in [-0.2, -0.15) is 5.10 Å². The van der Waals surface area contributed by atoms with Crippen molar-refractivity contribution in [1.29, 1.82) is 0 Å². The van der Waals surface area contributed by atoms with Crippen molar-refractivity contribution in [3.8, 4) is 0 Å². The van der Waals surface area contributed by atoms with Crippen molar-refractivity contribution in [2.75, 3.05) is 27.7 Å². The van der Waals surface area contributed by atoms with Gasteiger partial charge in [0.1, 0.15) is 0 Å². The van der Waals surface area contributed by atoms with Crippen LogP contribution in [0.15, 0.2) is 17.4 Å². The molecule has 1 heterocycles. The number of aryl methyl sites for hydroxylation is 1. The van der Waals surface area contributed by atoms with Gasteiger partial charge in [0.2, 0.25) is 0 Å².